The van der Waals surface area contributed by atoms with Crippen LogP contribution in [0.25, 0.3) is 39.7 Å². The van der Waals surface area contributed by atoms with Gasteiger partial charge in [0.2, 0.25) is 0 Å². The third kappa shape index (κ3) is 7.17. The number of thiophene rings is 3. The van der Waals surface area contributed by atoms with Crippen molar-refractivity contribution in [2.45, 2.75) is 0 Å². The normalized spacial score (nSPS) is 11.2. The molecule has 0 atom stereocenters. The summed E-state index contributed by atoms with van der Waals surface area (Å²) in [5.74, 6) is 3.29. The Morgan fingerprint density at radius 2 is 0.561 bits per heavy atom. The highest BCUT2D eigenvalue weighted by molar-refractivity contribution is 7.40. The summed E-state index contributed by atoms with van der Waals surface area (Å²) in [7, 11) is 6.76. The van der Waals surface area contributed by atoms with Crippen molar-refractivity contribution in [3.8, 4) is 43.9 Å². The van der Waals surface area contributed by atoms with Crippen LogP contribution in [0.5, 0.6) is 23.0 Å². The number of hydrogen-bond acceptors (Lipinski definition) is 9. The smallest absolute Gasteiger partial charge is 0.119 e. The molecule has 0 aliphatic carbocycles. The second kappa shape index (κ2) is 15.7. The summed E-state index contributed by atoms with van der Waals surface area (Å²) in [6.07, 6.45) is 0. The standard InChI is InChI=1S/C48H38N2O4S3/c1-51-39-21-13-35(14-22-39)49(36-15-23-40(52-2)24-16-36)33-9-5-31(6-10-33)43-29-45-47(56-43)48-46(55-45)30-44(57-48)32-7-11-34(12-8-32)50(37-17-25-41(53-3)26-18-37)38-19-27-42(54-4)28-20-38/h5-30H,1-4H3. The highest BCUT2D eigenvalue weighted by Gasteiger charge is 2.18. The van der Waals surface area contributed by atoms with Gasteiger partial charge in [0.25, 0.3) is 0 Å². The van der Waals surface area contributed by atoms with Crippen LogP contribution < -0.4 is 28.7 Å². The average molecular weight is 803 g/mol. The number of nitrogens with zero attached hydrogens (tertiary/aromatic N) is 2. The summed E-state index contributed by atoms with van der Waals surface area (Å²) >= 11 is 5.62. The van der Waals surface area contributed by atoms with Gasteiger partial charge in [0.1, 0.15) is 23.0 Å². The molecule has 9 rings (SSSR count). The fourth-order valence-electron chi connectivity index (χ4n) is 6.99. The van der Waals surface area contributed by atoms with Gasteiger partial charge in [-0.25, -0.2) is 0 Å². The van der Waals surface area contributed by atoms with E-state index in [1.54, 1.807) is 28.4 Å². The molecule has 0 saturated carbocycles. The van der Waals surface area contributed by atoms with Crippen molar-refractivity contribution in [2.24, 2.45) is 0 Å². The average Bonchev–Trinajstić information content (AvgIpc) is 3.97. The van der Waals surface area contributed by atoms with E-state index in [2.05, 4.69) is 119 Å². The van der Waals surface area contributed by atoms with Gasteiger partial charge < -0.3 is 28.7 Å². The summed E-state index contributed by atoms with van der Waals surface area (Å²) < 4.78 is 27.1. The highest BCUT2D eigenvalue weighted by Crippen LogP contribution is 2.49. The molecule has 57 heavy (non-hydrogen) atoms. The van der Waals surface area contributed by atoms with E-state index in [0.717, 1.165) is 57.1 Å². The molecule has 0 saturated heterocycles. The maximum absolute atomic E-state index is 5.44. The minimum absolute atomic E-state index is 0.823. The van der Waals surface area contributed by atoms with Crippen LogP contribution >= 0.6 is 34.0 Å². The molecule has 0 bridgehead atoms. The molecule has 6 aromatic carbocycles. The van der Waals surface area contributed by atoms with Crippen LogP contribution in [-0.4, -0.2) is 28.4 Å². The van der Waals surface area contributed by atoms with Crippen molar-refractivity contribution < 1.29 is 18.9 Å². The summed E-state index contributed by atoms with van der Waals surface area (Å²) in [5, 5.41) is 0. The second-order valence-electron chi connectivity index (χ2n) is 13.3. The van der Waals surface area contributed by atoms with Crippen LogP contribution in [0.4, 0.5) is 34.1 Å². The van der Waals surface area contributed by atoms with Crippen LogP contribution in [0.15, 0.2) is 158 Å². The molecule has 9 aromatic rings. The predicted molar refractivity (Wildman–Crippen MR) is 242 cm³/mol. The zero-order valence-corrected chi connectivity index (χ0v) is 34.2. The van der Waals surface area contributed by atoms with Crippen molar-refractivity contribution in [1.29, 1.82) is 0 Å². The summed E-state index contributed by atoms with van der Waals surface area (Å²) in [6, 6.07) is 55.0. The zero-order chi connectivity index (χ0) is 38.9. The van der Waals surface area contributed by atoms with Gasteiger partial charge in [-0.15, -0.1) is 34.0 Å². The van der Waals surface area contributed by atoms with Crippen LogP contribution in [0.1, 0.15) is 0 Å². The van der Waals surface area contributed by atoms with E-state index in [-0.39, 0.29) is 0 Å². The van der Waals surface area contributed by atoms with Gasteiger partial charge in [-0.1, -0.05) is 24.3 Å². The third-order valence-electron chi connectivity index (χ3n) is 9.96. The number of fused-ring (bicyclic) bond motifs is 3. The topological polar surface area (TPSA) is 43.4 Å². The maximum Gasteiger partial charge on any atom is 0.119 e. The fraction of sp³-hybridized carbons (Fsp3) is 0.0833. The van der Waals surface area contributed by atoms with Crippen molar-refractivity contribution in [2.75, 3.05) is 38.2 Å². The summed E-state index contributed by atoms with van der Waals surface area (Å²) in [5.41, 5.74) is 8.72. The third-order valence-corrected chi connectivity index (χ3v) is 13.8. The van der Waals surface area contributed by atoms with E-state index in [1.807, 2.05) is 82.5 Å². The molecule has 0 aliphatic heterocycles. The molecule has 0 N–H and O–H groups in total. The zero-order valence-electron chi connectivity index (χ0n) is 31.8. The predicted octanol–water partition coefficient (Wildman–Crippen LogP) is 14.5. The fourth-order valence-corrected chi connectivity index (χ4v) is 11.0. The Kier molecular flexibility index (Phi) is 10.0. The van der Waals surface area contributed by atoms with E-state index in [9.17, 15) is 0 Å². The maximum atomic E-state index is 5.44. The lowest BCUT2D eigenvalue weighted by Gasteiger charge is -2.26. The van der Waals surface area contributed by atoms with Crippen molar-refractivity contribution >= 4 is 86.9 Å². The number of hydrogen-bond donors (Lipinski definition) is 0. The Bertz CT molecular complexity index is 2470. The Hall–Kier alpha value is -6.26. The first-order chi connectivity index (χ1) is 28.0. The molecule has 282 valence electrons. The van der Waals surface area contributed by atoms with Crippen molar-refractivity contribution in [1.82, 2.24) is 0 Å². The Morgan fingerprint density at radius 3 is 0.807 bits per heavy atom. The van der Waals surface area contributed by atoms with Crippen molar-refractivity contribution in [3.05, 3.63) is 158 Å². The lowest BCUT2D eigenvalue weighted by molar-refractivity contribution is 0.414. The van der Waals surface area contributed by atoms with E-state index in [4.69, 9.17) is 18.9 Å². The first kappa shape index (κ1) is 36.4. The number of methoxy groups -OCH3 is 4. The molecular formula is C48H38N2O4S3. The largest absolute Gasteiger partial charge is 0.497 e. The molecule has 3 heterocycles. The van der Waals surface area contributed by atoms with E-state index in [1.165, 1.54) is 39.7 Å². The Labute approximate surface area is 343 Å². The molecule has 0 radical (unpaired) electrons. The molecule has 0 spiro atoms. The summed E-state index contributed by atoms with van der Waals surface area (Å²) in [6.45, 7) is 0. The van der Waals surface area contributed by atoms with E-state index in [0.29, 0.717) is 0 Å². The van der Waals surface area contributed by atoms with Gasteiger partial charge in [0.05, 0.1) is 37.8 Å². The minimum atomic E-state index is 0.823. The number of rotatable bonds is 12. The highest BCUT2D eigenvalue weighted by atomic mass is 32.1. The quantitative estimate of drug-likeness (QED) is 0.123. The van der Waals surface area contributed by atoms with Crippen LogP contribution in [-0.2, 0) is 0 Å². The Morgan fingerprint density at radius 1 is 0.316 bits per heavy atom. The van der Waals surface area contributed by atoms with Gasteiger partial charge in [0.15, 0.2) is 0 Å². The first-order valence-corrected chi connectivity index (χ1v) is 20.8. The van der Waals surface area contributed by atoms with Crippen molar-refractivity contribution in [3.63, 3.8) is 0 Å². The first-order valence-electron chi connectivity index (χ1n) is 18.3. The molecule has 0 unspecified atom stereocenters. The lowest BCUT2D eigenvalue weighted by atomic mass is 10.1. The van der Waals surface area contributed by atoms with Gasteiger partial charge in [-0.3, -0.25) is 0 Å². The van der Waals surface area contributed by atoms with Crippen LogP contribution in [0.2, 0.25) is 0 Å². The SMILES string of the molecule is COc1ccc(N(c2ccc(OC)cc2)c2ccc(-c3cc4sc5cc(-c6ccc(N(c7ccc(OC)cc7)c7ccc(OC)cc7)cc6)sc5c4s3)cc2)cc1. The van der Waals surface area contributed by atoms with E-state index < -0.39 is 0 Å². The molecule has 0 aliphatic rings. The molecule has 3 aromatic heterocycles. The van der Waals surface area contributed by atoms with Gasteiger partial charge in [-0.2, -0.15) is 0 Å². The second-order valence-corrected chi connectivity index (χ2v) is 16.5. The molecular weight excluding hydrogens is 765 g/mol. The number of ether oxygens (including phenoxy) is 4. The molecule has 0 fully saturated rings. The number of benzene rings is 6. The number of anilines is 6. The lowest BCUT2D eigenvalue weighted by Crippen LogP contribution is -2.09. The van der Waals surface area contributed by atoms with Gasteiger partial charge in [0, 0.05) is 53.3 Å². The van der Waals surface area contributed by atoms with Gasteiger partial charge in [-0.05, 0) is 145 Å². The molecule has 9 heteroatoms. The van der Waals surface area contributed by atoms with Crippen LogP contribution in [0.3, 0.4) is 0 Å². The Balaban J connectivity index is 0.991. The summed E-state index contributed by atoms with van der Waals surface area (Å²) in [4.78, 5) is 7.02. The van der Waals surface area contributed by atoms with Gasteiger partial charge >= 0.3 is 0 Å². The monoisotopic (exact) mass is 802 g/mol. The van der Waals surface area contributed by atoms with E-state index >= 15 is 0 Å². The molecule has 0 amide bonds. The minimum Gasteiger partial charge on any atom is -0.497 e. The van der Waals surface area contributed by atoms with Crippen LogP contribution in [0, 0.1) is 0 Å². The molecule has 6 nitrogen and oxygen atoms in total.